The smallest absolute Gasteiger partial charge is 0.316 e. The summed E-state index contributed by atoms with van der Waals surface area (Å²) in [6.07, 6.45) is 3.33. The van der Waals surface area contributed by atoms with Crippen molar-refractivity contribution in [3.63, 3.8) is 0 Å². The number of rotatable bonds is 3. The van der Waals surface area contributed by atoms with Gasteiger partial charge in [-0.05, 0) is 24.5 Å². The predicted molar refractivity (Wildman–Crippen MR) is 70.1 cm³/mol. The van der Waals surface area contributed by atoms with E-state index in [0.29, 0.717) is 5.56 Å². The number of Topliss-reactive ketones (excluding diaryl/α,β-unsaturated/α-hetero) is 1. The zero-order valence-electron chi connectivity index (χ0n) is 11.9. The van der Waals surface area contributed by atoms with E-state index in [1.807, 2.05) is 0 Å². The number of hydrogen-bond donors (Lipinski definition) is 0. The third-order valence-corrected chi connectivity index (χ3v) is 3.94. The Balaban J connectivity index is 2.44. The number of methoxy groups -OCH3 is 2. The lowest BCUT2D eigenvalue weighted by Gasteiger charge is -2.36. The molecule has 0 saturated heterocycles. The molecule has 1 aromatic heterocycles. The highest BCUT2D eigenvalue weighted by molar-refractivity contribution is 6.01. The lowest BCUT2D eigenvalue weighted by atomic mass is 9.65. The number of carbonyl (C=O) groups is 3. The largest absolute Gasteiger partial charge is 0.468 e. The van der Waals surface area contributed by atoms with E-state index in [9.17, 15) is 14.4 Å². The molecule has 0 bridgehead atoms. The van der Waals surface area contributed by atoms with Gasteiger partial charge in [0.1, 0.15) is 11.7 Å². The first kappa shape index (κ1) is 15.1. The summed E-state index contributed by atoms with van der Waals surface area (Å²) in [5, 5.41) is 7.45. The Morgan fingerprint density at radius 2 is 2.05 bits per heavy atom. The van der Waals surface area contributed by atoms with Crippen LogP contribution in [0.3, 0.4) is 0 Å². The maximum absolute atomic E-state index is 12.3. The summed E-state index contributed by atoms with van der Waals surface area (Å²) in [7, 11) is 2.50. The average Bonchev–Trinajstić information content (AvgIpc) is 2.55. The van der Waals surface area contributed by atoms with Gasteiger partial charge in [0.25, 0.3) is 0 Å². The van der Waals surface area contributed by atoms with Gasteiger partial charge in [0.2, 0.25) is 0 Å². The maximum atomic E-state index is 12.3. The van der Waals surface area contributed by atoms with E-state index in [4.69, 9.17) is 4.74 Å². The zero-order chi connectivity index (χ0) is 15.5. The average molecular weight is 292 g/mol. The van der Waals surface area contributed by atoms with E-state index in [2.05, 4.69) is 14.9 Å². The maximum Gasteiger partial charge on any atom is 0.316 e. The van der Waals surface area contributed by atoms with Crippen molar-refractivity contribution in [2.24, 2.45) is 5.92 Å². The summed E-state index contributed by atoms with van der Waals surface area (Å²) in [5.41, 5.74) is -0.483. The fourth-order valence-corrected chi connectivity index (χ4v) is 2.77. The van der Waals surface area contributed by atoms with Crippen molar-refractivity contribution in [2.45, 2.75) is 24.7 Å². The number of nitrogens with zero attached hydrogens (tertiary/aromatic N) is 2. The summed E-state index contributed by atoms with van der Waals surface area (Å²) >= 11 is 0. The van der Waals surface area contributed by atoms with Gasteiger partial charge in [-0.1, -0.05) is 0 Å². The molecule has 1 saturated carbocycles. The van der Waals surface area contributed by atoms with Gasteiger partial charge in [-0.3, -0.25) is 14.4 Å². The molecule has 7 nitrogen and oxygen atoms in total. The van der Waals surface area contributed by atoms with E-state index in [-0.39, 0.29) is 25.0 Å². The molecule has 2 rings (SSSR count). The number of aromatic nitrogens is 2. The van der Waals surface area contributed by atoms with Crippen LogP contribution in [0.1, 0.15) is 24.8 Å². The molecule has 1 aromatic rings. The van der Waals surface area contributed by atoms with Crippen molar-refractivity contribution in [3.05, 3.63) is 24.0 Å². The Morgan fingerprint density at radius 3 is 2.62 bits per heavy atom. The van der Waals surface area contributed by atoms with Gasteiger partial charge in [-0.2, -0.15) is 10.2 Å². The van der Waals surface area contributed by atoms with E-state index < -0.39 is 23.3 Å². The first-order chi connectivity index (χ1) is 10.0. The van der Waals surface area contributed by atoms with Crippen molar-refractivity contribution in [1.82, 2.24) is 10.2 Å². The molecule has 2 unspecified atom stereocenters. The van der Waals surface area contributed by atoms with Gasteiger partial charge in [-0.25, -0.2) is 0 Å². The van der Waals surface area contributed by atoms with E-state index in [1.165, 1.54) is 26.6 Å². The van der Waals surface area contributed by atoms with Crippen molar-refractivity contribution < 1.29 is 23.9 Å². The van der Waals surface area contributed by atoms with Crippen molar-refractivity contribution in [3.8, 4) is 0 Å². The van der Waals surface area contributed by atoms with Crippen LogP contribution < -0.4 is 0 Å². The van der Waals surface area contributed by atoms with Gasteiger partial charge in [-0.15, -0.1) is 0 Å². The third kappa shape index (κ3) is 2.63. The molecule has 1 heterocycles. The highest BCUT2D eigenvalue weighted by Gasteiger charge is 2.50. The van der Waals surface area contributed by atoms with Gasteiger partial charge < -0.3 is 9.47 Å². The lowest BCUT2D eigenvalue weighted by Crippen LogP contribution is -2.46. The number of hydrogen-bond acceptors (Lipinski definition) is 7. The predicted octanol–water partition coefficient (Wildman–Crippen LogP) is 0.430. The Morgan fingerprint density at radius 1 is 1.29 bits per heavy atom. The van der Waals surface area contributed by atoms with Crippen molar-refractivity contribution in [1.29, 1.82) is 0 Å². The summed E-state index contributed by atoms with van der Waals surface area (Å²) in [6, 6.07) is 1.65. The van der Waals surface area contributed by atoms with Crippen LogP contribution in [0.25, 0.3) is 0 Å². The SMILES string of the molecule is COC(=O)C1CC(C(=O)OC)(c2ccnnc2)CCC1=O. The summed E-state index contributed by atoms with van der Waals surface area (Å²) < 4.78 is 9.56. The molecule has 0 radical (unpaired) electrons. The molecule has 0 amide bonds. The Bertz CT molecular complexity index is 552. The van der Waals surface area contributed by atoms with Crippen LogP contribution in [-0.2, 0) is 29.3 Å². The van der Waals surface area contributed by atoms with Crippen molar-refractivity contribution >= 4 is 17.7 Å². The van der Waals surface area contributed by atoms with Gasteiger partial charge in [0.05, 0.1) is 25.8 Å². The first-order valence-electron chi connectivity index (χ1n) is 6.51. The molecular formula is C14H16N2O5. The molecular weight excluding hydrogens is 276 g/mol. The van der Waals surface area contributed by atoms with Crippen LogP contribution in [0.15, 0.2) is 18.5 Å². The molecule has 112 valence electrons. The standard InChI is InChI=1S/C14H16N2O5/c1-20-12(18)10-7-14(13(19)21-2,5-3-11(10)17)9-4-6-15-16-8-9/h4,6,8,10H,3,5,7H2,1-2H3. The molecule has 1 aliphatic carbocycles. The van der Waals surface area contributed by atoms with Crippen LogP contribution in [-0.4, -0.2) is 42.1 Å². The molecule has 0 aliphatic heterocycles. The Kier molecular flexibility index (Phi) is 4.30. The van der Waals surface area contributed by atoms with Gasteiger partial charge >= 0.3 is 11.9 Å². The first-order valence-corrected chi connectivity index (χ1v) is 6.51. The lowest BCUT2D eigenvalue weighted by molar-refractivity contribution is -0.157. The normalized spacial score (nSPS) is 25.2. The summed E-state index contributed by atoms with van der Waals surface area (Å²) in [5.74, 6) is -2.30. The van der Waals surface area contributed by atoms with E-state index in [0.717, 1.165) is 0 Å². The van der Waals surface area contributed by atoms with E-state index >= 15 is 0 Å². The van der Waals surface area contributed by atoms with Crippen LogP contribution >= 0.6 is 0 Å². The molecule has 7 heteroatoms. The minimum atomic E-state index is -1.07. The number of carbonyl (C=O) groups excluding carboxylic acids is 3. The fourth-order valence-electron chi connectivity index (χ4n) is 2.77. The molecule has 0 aromatic carbocycles. The molecule has 2 atom stereocenters. The Labute approximate surface area is 121 Å². The van der Waals surface area contributed by atoms with Crippen molar-refractivity contribution in [2.75, 3.05) is 14.2 Å². The minimum absolute atomic E-state index is 0.0247. The molecule has 0 spiro atoms. The zero-order valence-corrected chi connectivity index (χ0v) is 11.9. The fraction of sp³-hybridized carbons (Fsp3) is 0.500. The van der Waals surface area contributed by atoms with E-state index in [1.54, 1.807) is 6.07 Å². The second-order valence-electron chi connectivity index (χ2n) is 4.95. The van der Waals surface area contributed by atoms with Gasteiger partial charge in [0, 0.05) is 12.6 Å². The second kappa shape index (κ2) is 5.99. The van der Waals surface area contributed by atoms with Crippen LogP contribution in [0.5, 0.6) is 0 Å². The van der Waals surface area contributed by atoms with Gasteiger partial charge in [0.15, 0.2) is 0 Å². The molecule has 1 fully saturated rings. The minimum Gasteiger partial charge on any atom is -0.468 e. The monoisotopic (exact) mass is 292 g/mol. The quantitative estimate of drug-likeness (QED) is 0.588. The highest BCUT2D eigenvalue weighted by Crippen LogP contribution is 2.41. The Hall–Kier alpha value is -2.31. The molecule has 21 heavy (non-hydrogen) atoms. The summed E-state index contributed by atoms with van der Waals surface area (Å²) in [6.45, 7) is 0. The van der Waals surface area contributed by atoms with Crippen LogP contribution in [0, 0.1) is 5.92 Å². The summed E-state index contributed by atoms with van der Waals surface area (Å²) in [4.78, 5) is 36.0. The van der Waals surface area contributed by atoms with Crippen LogP contribution in [0.4, 0.5) is 0 Å². The second-order valence-corrected chi connectivity index (χ2v) is 4.95. The molecule has 0 N–H and O–H groups in total. The third-order valence-electron chi connectivity index (χ3n) is 3.94. The highest BCUT2D eigenvalue weighted by atomic mass is 16.5. The number of ether oxygens (including phenoxy) is 2. The molecule has 1 aliphatic rings. The number of esters is 2. The number of ketones is 1. The topological polar surface area (TPSA) is 95.5 Å². The van der Waals surface area contributed by atoms with Crippen LogP contribution in [0.2, 0.25) is 0 Å².